The molecule has 1 saturated heterocycles. The standard InChI is InChI=1S/C6H10O2/c1-4-5(2)8-3-6(4)7/h4,6-7H,2-3H2,1H3/t4-,6-/m0/s1. The number of ether oxygens (including phenoxy) is 1. The van der Waals surface area contributed by atoms with Crippen LogP contribution >= 0.6 is 0 Å². The number of hydrogen-bond acceptors (Lipinski definition) is 2. The van der Waals surface area contributed by atoms with Crippen molar-refractivity contribution in [3.8, 4) is 0 Å². The van der Waals surface area contributed by atoms with Gasteiger partial charge >= 0.3 is 0 Å². The van der Waals surface area contributed by atoms with Gasteiger partial charge in [-0.25, -0.2) is 0 Å². The third-order valence-corrected chi connectivity index (χ3v) is 1.52. The minimum Gasteiger partial charge on any atom is -0.495 e. The summed E-state index contributed by atoms with van der Waals surface area (Å²) >= 11 is 0. The second-order valence-electron chi connectivity index (χ2n) is 2.13. The normalized spacial score (nSPS) is 37.5. The van der Waals surface area contributed by atoms with Crippen molar-refractivity contribution in [2.45, 2.75) is 13.0 Å². The Bertz CT molecular complexity index is 109. The summed E-state index contributed by atoms with van der Waals surface area (Å²) in [4.78, 5) is 0. The molecule has 0 bridgehead atoms. The van der Waals surface area contributed by atoms with Crippen LogP contribution in [0.15, 0.2) is 12.3 Å². The number of hydrogen-bond donors (Lipinski definition) is 1. The van der Waals surface area contributed by atoms with Crippen LogP contribution in [0.2, 0.25) is 0 Å². The molecule has 8 heavy (non-hydrogen) atoms. The van der Waals surface area contributed by atoms with E-state index in [2.05, 4.69) is 6.58 Å². The van der Waals surface area contributed by atoms with Crippen molar-refractivity contribution in [3.05, 3.63) is 12.3 Å². The predicted molar refractivity (Wildman–Crippen MR) is 30.3 cm³/mol. The van der Waals surface area contributed by atoms with Gasteiger partial charge in [-0.3, -0.25) is 0 Å². The van der Waals surface area contributed by atoms with Gasteiger partial charge < -0.3 is 9.84 Å². The number of rotatable bonds is 0. The third kappa shape index (κ3) is 0.713. The lowest BCUT2D eigenvalue weighted by molar-refractivity contribution is 0.125. The maximum absolute atomic E-state index is 8.98. The van der Waals surface area contributed by atoms with Crippen molar-refractivity contribution >= 4 is 0 Å². The molecule has 1 rings (SSSR count). The first-order valence-electron chi connectivity index (χ1n) is 2.71. The molecule has 0 aliphatic carbocycles. The second kappa shape index (κ2) is 1.78. The summed E-state index contributed by atoms with van der Waals surface area (Å²) in [6.45, 7) is 5.92. The molecule has 1 fully saturated rings. The summed E-state index contributed by atoms with van der Waals surface area (Å²) < 4.78 is 4.93. The van der Waals surface area contributed by atoms with Crippen LogP contribution in [0.25, 0.3) is 0 Å². The van der Waals surface area contributed by atoms with Crippen LogP contribution in [-0.4, -0.2) is 17.8 Å². The Kier molecular flexibility index (Phi) is 1.26. The van der Waals surface area contributed by atoms with Crippen LogP contribution < -0.4 is 0 Å². The third-order valence-electron chi connectivity index (χ3n) is 1.52. The fourth-order valence-electron chi connectivity index (χ4n) is 0.683. The molecule has 2 nitrogen and oxygen atoms in total. The smallest absolute Gasteiger partial charge is 0.114 e. The van der Waals surface area contributed by atoms with Crippen LogP contribution in [0.1, 0.15) is 6.92 Å². The lowest BCUT2D eigenvalue weighted by Crippen LogP contribution is -2.12. The Hall–Kier alpha value is -0.500. The van der Waals surface area contributed by atoms with E-state index in [0.717, 1.165) is 0 Å². The lowest BCUT2D eigenvalue weighted by atomic mass is 10.1. The van der Waals surface area contributed by atoms with Gasteiger partial charge in [0.05, 0.1) is 11.9 Å². The van der Waals surface area contributed by atoms with E-state index in [4.69, 9.17) is 9.84 Å². The minimum atomic E-state index is -0.331. The molecule has 0 aromatic heterocycles. The summed E-state index contributed by atoms with van der Waals surface area (Å²) in [5.41, 5.74) is 0. The molecule has 46 valence electrons. The van der Waals surface area contributed by atoms with E-state index in [-0.39, 0.29) is 12.0 Å². The molecule has 0 amide bonds. The van der Waals surface area contributed by atoms with Crippen LogP contribution in [-0.2, 0) is 4.74 Å². The van der Waals surface area contributed by atoms with Gasteiger partial charge in [0.15, 0.2) is 0 Å². The molecule has 2 atom stereocenters. The van der Waals surface area contributed by atoms with Gasteiger partial charge in [0.2, 0.25) is 0 Å². The van der Waals surface area contributed by atoms with Gasteiger partial charge in [-0.05, 0) is 0 Å². The molecule has 1 aliphatic heterocycles. The zero-order chi connectivity index (χ0) is 6.15. The zero-order valence-electron chi connectivity index (χ0n) is 4.92. The highest BCUT2D eigenvalue weighted by Crippen LogP contribution is 2.21. The molecule has 1 N–H and O–H groups in total. The Morgan fingerprint density at radius 3 is 2.62 bits per heavy atom. The fraction of sp³-hybridized carbons (Fsp3) is 0.667. The molecule has 2 heteroatoms. The first-order valence-corrected chi connectivity index (χ1v) is 2.71. The van der Waals surface area contributed by atoms with Crippen molar-refractivity contribution < 1.29 is 9.84 Å². The van der Waals surface area contributed by atoms with Gasteiger partial charge in [-0.2, -0.15) is 0 Å². The SMILES string of the molecule is C=C1OC[C@H](O)[C@H]1C. The minimum absolute atomic E-state index is 0.120. The van der Waals surface area contributed by atoms with E-state index >= 15 is 0 Å². The molecule has 0 aromatic carbocycles. The number of aliphatic hydroxyl groups is 1. The molecule has 1 aliphatic rings. The molecular weight excluding hydrogens is 104 g/mol. The van der Waals surface area contributed by atoms with Crippen LogP contribution in [0.3, 0.4) is 0 Å². The molecular formula is C6H10O2. The molecule has 0 radical (unpaired) electrons. The van der Waals surface area contributed by atoms with Crippen LogP contribution in [0.5, 0.6) is 0 Å². The highest BCUT2D eigenvalue weighted by Gasteiger charge is 2.25. The molecule has 1 heterocycles. The Labute approximate surface area is 48.8 Å². The van der Waals surface area contributed by atoms with E-state index in [1.54, 1.807) is 0 Å². The maximum atomic E-state index is 8.98. The van der Waals surface area contributed by atoms with Crippen LogP contribution in [0, 0.1) is 5.92 Å². The van der Waals surface area contributed by atoms with Gasteiger partial charge in [0, 0.05) is 5.92 Å². The summed E-state index contributed by atoms with van der Waals surface area (Å²) in [5.74, 6) is 0.826. The topological polar surface area (TPSA) is 29.5 Å². The highest BCUT2D eigenvalue weighted by molar-refractivity contribution is 4.97. The van der Waals surface area contributed by atoms with Crippen molar-refractivity contribution in [2.24, 2.45) is 5.92 Å². The van der Waals surface area contributed by atoms with Crippen molar-refractivity contribution in [3.63, 3.8) is 0 Å². The summed E-state index contributed by atoms with van der Waals surface area (Å²) in [5, 5.41) is 8.98. The Morgan fingerprint density at radius 2 is 2.50 bits per heavy atom. The molecule has 0 aromatic rings. The molecule has 0 spiro atoms. The molecule has 0 saturated carbocycles. The van der Waals surface area contributed by atoms with Crippen molar-refractivity contribution in [1.29, 1.82) is 0 Å². The first-order chi connectivity index (χ1) is 3.72. The Morgan fingerprint density at radius 1 is 1.88 bits per heavy atom. The fourth-order valence-corrected chi connectivity index (χ4v) is 0.683. The van der Waals surface area contributed by atoms with Crippen molar-refractivity contribution in [1.82, 2.24) is 0 Å². The monoisotopic (exact) mass is 114 g/mol. The number of aliphatic hydroxyl groups excluding tert-OH is 1. The van der Waals surface area contributed by atoms with E-state index in [1.165, 1.54) is 0 Å². The van der Waals surface area contributed by atoms with Crippen molar-refractivity contribution in [2.75, 3.05) is 6.61 Å². The van der Waals surface area contributed by atoms with E-state index in [0.29, 0.717) is 12.4 Å². The highest BCUT2D eigenvalue weighted by atomic mass is 16.5. The Balaban J connectivity index is 2.56. The van der Waals surface area contributed by atoms with E-state index in [1.807, 2.05) is 6.92 Å². The van der Waals surface area contributed by atoms with E-state index < -0.39 is 0 Å². The zero-order valence-corrected chi connectivity index (χ0v) is 4.92. The predicted octanol–water partition coefficient (Wildman–Crippen LogP) is 0.527. The van der Waals surface area contributed by atoms with Gasteiger partial charge in [-0.15, -0.1) is 0 Å². The largest absolute Gasteiger partial charge is 0.495 e. The first kappa shape index (κ1) is 5.63. The summed E-state index contributed by atoms with van der Waals surface area (Å²) in [7, 11) is 0. The maximum Gasteiger partial charge on any atom is 0.114 e. The molecule has 0 unspecified atom stereocenters. The summed E-state index contributed by atoms with van der Waals surface area (Å²) in [6.07, 6.45) is -0.331. The quantitative estimate of drug-likeness (QED) is 0.497. The summed E-state index contributed by atoms with van der Waals surface area (Å²) in [6, 6.07) is 0. The lowest BCUT2D eigenvalue weighted by Gasteiger charge is -2.01. The van der Waals surface area contributed by atoms with Gasteiger partial charge in [0.1, 0.15) is 6.61 Å². The average Bonchev–Trinajstić information content (AvgIpc) is 1.98. The average molecular weight is 114 g/mol. The second-order valence-corrected chi connectivity index (χ2v) is 2.13. The van der Waals surface area contributed by atoms with Crippen LogP contribution in [0.4, 0.5) is 0 Å². The van der Waals surface area contributed by atoms with Gasteiger partial charge in [-0.1, -0.05) is 13.5 Å². The van der Waals surface area contributed by atoms with Gasteiger partial charge in [0.25, 0.3) is 0 Å². The van der Waals surface area contributed by atoms with E-state index in [9.17, 15) is 0 Å².